The van der Waals surface area contributed by atoms with Gasteiger partial charge in [0.25, 0.3) is 0 Å². The van der Waals surface area contributed by atoms with E-state index in [1.54, 1.807) is 0 Å². The zero-order chi connectivity index (χ0) is 13.6. The zero-order valence-corrected chi connectivity index (χ0v) is 11.4. The molecule has 100 valence electrons. The summed E-state index contributed by atoms with van der Waals surface area (Å²) in [6.45, 7) is 0.945. The average molecular weight is 262 g/mol. The highest BCUT2D eigenvalue weighted by molar-refractivity contribution is 5.79. The third kappa shape index (κ3) is 3.15. The molecule has 0 saturated heterocycles. The van der Waals surface area contributed by atoms with E-state index in [1.165, 1.54) is 10.9 Å². The van der Waals surface area contributed by atoms with Crippen LogP contribution >= 0.6 is 0 Å². The van der Waals surface area contributed by atoms with Gasteiger partial charge in [-0.25, -0.2) is 4.98 Å². The molecule has 2 nitrogen and oxygen atoms in total. The molecule has 0 spiro atoms. The van der Waals surface area contributed by atoms with E-state index in [2.05, 4.69) is 52.8 Å². The Labute approximate surface area is 119 Å². The fraction of sp³-hybridized carbons (Fsp3) is 0.167. The Kier molecular flexibility index (Phi) is 3.93. The third-order valence-corrected chi connectivity index (χ3v) is 3.39. The van der Waals surface area contributed by atoms with Gasteiger partial charge in [-0.2, -0.15) is 0 Å². The number of hydrogen-bond donors (Lipinski definition) is 1. The lowest BCUT2D eigenvalue weighted by Gasteiger charge is -2.06. The predicted octanol–water partition coefficient (Wildman–Crippen LogP) is 4.28. The normalized spacial score (nSPS) is 10.6. The summed E-state index contributed by atoms with van der Waals surface area (Å²) in [5, 5.41) is 4.58. The van der Waals surface area contributed by atoms with Gasteiger partial charge in [0.2, 0.25) is 0 Å². The molecule has 2 heteroatoms. The molecule has 3 rings (SSSR count). The second-order valence-corrected chi connectivity index (χ2v) is 4.91. The largest absolute Gasteiger partial charge is 0.370 e. The number of anilines is 1. The molecule has 0 aliphatic heterocycles. The average Bonchev–Trinajstić information content (AvgIpc) is 2.52. The van der Waals surface area contributed by atoms with Gasteiger partial charge in [0.15, 0.2) is 0 Å². The van der Waals surface area contributed by atoms with Crippen LogP contribution in [0.15, 0.2) is 66.7 Å². The van der Waals surface area contributed by atoms with Crippen molar-refractivity contribution in [3.8, 4) is 0 Å². The van der Waals surface area contributed by atoms with Crippen LogP contribution in [0.25, 0.3) is 10.9 Å². The van der Waals surface area contributed by atoms with Crippen LogP contribution in [-0.4, -0.2) is 11.5 Å². The SMILES string of the molecule is c1ccc(CCCNc2ccc3ccccc3n2)cc1. The molecule has 2 aromatic carbocycles. The van der Waals surface area contributed by atoms with Crippen molar-refractivity contribution < 1.29 is 0 Å². The number of pyridine rings is 1. The first kappa shape index (κ1) is 12.7. The van der Waals surface area contributed by atoms with E-state index in [0.717, 1.165) is 30.7 Å². The summed E-state index contributed by atoms with van der Waals surface area (Å²) in [4.78, 5) is 4.61. The number of benzene rings is 2. The first-order valence-corrected chi connectivity index (χ1v) is 7.05. The van der Waals surface area contributed by atoms with Crippen LogP contribution in [0.1, 0.15) is 12.0 Å². The van der Waals surface area contributed by atoms with Crippen molar-refractivity contribution in [3.05, 3.63) is 72.3 Å². The van der Waals surface area contributed by atoms with E-state index in [-0.39, 0.29) is 0 Å². The highest BCUT2D eigenvalue weighted by Gasteiger charge is 1.97. The van der Waals surface area contributed by atoms with E-state index < -0.39 is 0 Å². The zero-order valence-electron chi connectivity index (χ0n) is 11.4. The standard InChI is InChI=1S/C18H18N2/c1-2-7-15(8-3-1)9-6-14-19-18-13-12-16-10-4-5-11-17(16)20-18/h1-5,7-8,10-13H,6,9,14H2,(H,19,20). The number of hydrogen-bond acceptors (Lipinski definition) is 2. The number of aryl methyl sites for hydroxylation is 1. The molecular weight excluding hydrogens is 244 g/mol. The molecule has 0 aliphatic rings. The van der Waals surface area contributed by atoms with Crippen molar-refractivity contribution in [2.45, 2.75) is 12.8 Å². The summed E-state index contributed by atoms with van der Waals surface area (Å²) in [7, 11) is 0. The highest BCUT2D eigenvalue weighted by atomic mass is 15.0. The summed E-state index contributed by atoms with van der Waals surface area (Å²) in [5.74, 6) is 0.955. The van der Waals surface area contributed by atoms with Crippen LogP contribution < -0.4 is 5.32 Å². The quantitative estimate of drug-likeness (QED) is 0.694. The topological polar surface area (TPSA) is 24.9 Å². The molecule has 3 aromatic rings. The predicted molar refractivity (Wildman–Crippen MR) is 85.0 cm³/mol. The minimum absolute atomic E-state index is 0.945. The number of nitrogens with one attached hydrogen (secondary N) is 1. The number of rotatable bonds is 5. The second kappa shape index (κ2) is 6.20. The molecular formula is C18H18N2. The van der Waals surface area contributed by atoms with Crippen LogP contribution in [-0.2, 0) is 6.42 Å². The van der Waals surface area contributed by atoms with Gasteiger partial charge < -0.3 is 5.32 Å². The van der Waals surface area contributed by atoms with Gasteiger partial charge in [0.1, 0.15) is 5.82 Å². The van der Waals surface area contributed by atoms with Gasteiger partial charge >= 0.3 is 0 Å². The Hall–Kier alpha value is -2.35. The summed E-state index contributed by atoms with van der Waals surface area (Å²) in [6.07, 6.45) is 2.21. The van der Waals surface area contributed by atoms with Crippen LogP contribution in [0, 0.1) is 0 Å². The van der Waals surface area contributed by atoms with E-state index in [9.17, 15) is 0 Å². The molecule has 0 fully saturated rings. The van der Waals surface area contributed by atoms with E-state index >= 15 is 0 Å². The van der Waals surface area contributed by atoms with E-state index in [0.29, 0.717) is 0 Å². The Morgan fingerprint density at radius 2 is 1.60 bits per heavy atom. The lowest BCUT2D eigenvalue weighted by Crippen LogP contribution is -2.04. The number of nitrogens with zero attached hydrogens (tertiary/aromatic N) is 1. The first-order chi connectivity index (χ1) is 9.92. The monoisotopic (exact) mass is 262 g/mol. The third-order valence-electron chi connectivity index (χ3n) is 3.39. The van der Waals surface area contributed by atoms with Gasteiger partial charge in [0.05, 0.1) is 5.52 Å². The smallest absolute Gasteiger partial charge is 0.126 e. The number of fused-ring (bicyclic) bond motifs is 1. The van der Waals surface area contributed by atoms with Gasteiger partial charge in [-0.15, -0.1) is 0 Å². The van der Waals surface area contributed by atoms with Crippen LogP contribution in [0.5, 0.6) is 0 Å². The maximum Gasteiger partial charge on any atom is 0.126 e. The fourth-order valence-corrected chi connectivity index (χ4v) is 2.32. The molecule has 0 unspecified atom stereocenters. The minimum Gasteiger partial charge on any atom is -0.370 e. The van der Waals surface area contributed by atoms with Crippen LogP contribution in [0.2, 0.25) is 0 Å². The molecule has 0 atom stereocenters. The number of aromatic nitrogens is 1. The summed E-state index contributed by atoms with van der Waals surface area (Å²) in [5.41, 5.74) is 2.43. The van der Waals surface area contributed by atoms with Crippen molar-refractivity contribution in [3.63, 3.8) is 0 Å². The maximum atomic E-state index is 4.61. The molecule has 20 heavy (non-hydrogen) atoms. The summed E-state index contributed by atoms with van der Waals surface area (Å²) >= 11 is 0. The molecule has 1 aromatic heterocycles. The summed E-state index contributed by atoms with van der Waals surface area (Å²) < 4.78 is 0. The Balaban J connectivity index is 1.55. The molecule has 0 amide bonds. The molecule has 1 N–H and O–H groups in total. The summed E-state index contributed by atoms with van der Waals surface area (Å²) in [6, 6.07) is 22.9. The Bertz CT molecular complexity index is 677. The van der Waals surface area contributed by atoms with Gasteiger partial charge in [0, 0.05) is 11.9 Å². The molecule has 0 aliphatic carbocycles. The first-order valence-electron chi connectivity index (χ1n) is 7.05. The van der Waals surface area contributed by atoms with Crippen LogP contribution in [0.4, 0.5) is 5.82 Å². The lowest BCUT2D eigenvalue weighted by molar-refractivity contribution is 0.860. The Morgan fingerprint density at radius 1 is 0.800 bits per heavy atom. The Morgan fingerprint density at radius 3 is 2.50 bits per heavy atom. The van der Waals surface area contributed by atoms with Crippen molar-refractivity contribution in [2.75, 3.05) is 11.9 Å². The van der Waals surface area contributed by atoms with E-state index in [4.69, 9.17) is 0 Å². The second-order valence-electron chi connectivity index (χ2n) is 4.91. The van der Waals surface area contributed by atoms with Gasteiger partial charge in [-0.05, 0) is 36.6 Å². The molecule has 1 heterocycles. The molecule has 0 bridgehead atoms. The van der Waals surface area contributed by atoms with Crippen molar-refractivity contribution >= 4 is 16.7 Å². The van der Waals surface area contributed by atoms with Crippen molar-refractivity contribution in [1.82, 2.24) is 4.98 Å². The lowest BCUT2D eigenvalue weighted by atomic mass is 10.1. The fourth-order valence-electron chi connectivity index (χ4n) is 2.32. The maximum absolute atomic E-state index is 4.61. The van der Waals surface area contributed by atoms with Crippen molar-refractivity contribution in [1.29, 1.82) is 0 Å². The van der Waals surface area contributed by atoms with Gasteiger partial charge in [-0.1, -0.05) is 48.5 Å². The molecule has 0 radical (unpaired) electrons. The highest BCUT2D eigenvalue weighted by Crippen LogP contribution is 2.14. The van der Waals surface area contributed by atoms with E-state index in [1.807, 2.05) is 24.3 Å². The van der Waals surface area contributed by atoms with Crippen LogP contribution in [0.3, 0.4) is 0 Å². The van der Waals surface area contributed by atoms with Gasteiger partial charge in [-0.3, -0.25) is 0 Å². The molecule has 0 saturated carbocycles. The number of para-hydroxylation sites is 1. The minimum atomic E-state index is 0.945. The van der Waals surface area contributed by atoms with Crippen molar-refractivity contribution in [2.24, 2.45) is 0 Å².